The van der Waals surface area contributed by atoms with Crippen molar-refractivity contribution in [2.45, 2.75) is 26.8 Å². The molecule has 2 rings (SSSR count). The number of aryl methyl sites for hydroxylation is 2. The van der Waals surface area contributed by atoms with Crippen LogP contribution in [0.4, 0.5) is 0 Å². The third kappa shape index (κ3) is 2.45. The summed E-state index contributed by atoms with van der Waals surface area (Å²) in [7, 11) is 1.74. The van der Waals surface area contributed by atoms with Crippen molar-refractivity contribution in [3.05, 3.63) is 29.7 Å². The van der Waals surface area contributed by atoms with Crippen LogP contribution in [0.1, 0.15) is 30.1 Å². The minimum atomic E-state index is -0.130. The van der Waals surface area contributed by atoms with Crippen LogP contribution in [-0.4, -0.2) is 21.7 Å². The van der Waals surface area contributed by atoms with Crippen molar-refractivity contribution in [2.75, 3.05) is 0 Å². The molecule has 0 bridgehead atoms. The van der Waals surface area contributed by atoms with E-state index in [9.17, 15) is 4.79 Å². The van der Waals surface area contributed by atoms with Gasteiger partial charge in [-0.15, -0.1) is 0 Å². The van der Waals surface area contributed by atoms with Crippen LogP contribution in [0.15, 0.2) is 22.6 Å². The van der Waals surface area contributed by atoms with Crippen LogP contribution >= 0.6 is 0 Å². The van der Waals surface area contributed by atoms with Gasteiger partial charge < -0.3 is 9.73 Å². The lowest BCUT2D eigenvalue weighted by Gasteiger charge is -2.07. The maximum atomic E-state index is 11.9. The average molecular weight is 247 g/mol. The molecule has 96 valence electrons. The maximum absolute atomic E-state index is 11.9. The quantitative estimate of drug-likeness (QED) is 0.903. The second-order valence-corrected chi connectivity index (χ2v) is 4.58. The summed E-state index contributed by atoms with van der Waals surface area (Å²) in [4.78, 5) is 11.9. The largest absolute Gasteiger partial charge is 0.460 e. The monoisotopic (exact) mass is 247 g/mol. The molecule has 0 atom stereocenters. The topological polar surface area (TPSA) is 60.1 Å². The van der Waals surface area contributed by atoms with Gasteiger partial charge in [0.25, 0.3) is 5.91 Å². The highest BCUT2D eigenvalue weighted by atomic mass is 16.3. The smallest absolute Gasteiger partial charge is 0.269 e. The Labute approximate surface area is 106 Å². The number of nitrogens with one attached hydrogen (secondary N) is 1. The predicted octanol–water partition coefficient (Wildman–Crippen LogP) is 2.13. The van der Waals surface area contributed by atoms with Gasteiger partial charge >= 0.3 is 0 Å². The SMILES string of the molecule is Cc1ccc(-c2cc(C(=O)NC(C)C)n(C)n2)o1. The Balaban J connectivity index is 2.29. The van der Waals surface area contributed by atoms with Crippen LogP contribution in [0.5, 0.6) is 0 Å². The summed E-state index contributed by atoms with van der Waals surface area (Å²) >= 11 is 0. The van der Waals surface area contributed by atoms with Crippen molar-refractivity contribution in [3.63, 3.8) is 0 Å². The molecule has 2 heterocycles. The zero-order valence-corrected chi connectivity index (χ0v) is 11.0. The first kappa shape index (κ1) is 12.4. The summed E-state index contributed by atoms with van der Waals surface area (Å²) in [5, 5.41) is 7.12. The van der Waals surface area contributed by atoms with Crippen LogP contribution in [0.2, 0.25) is 0 Å². The van der Waals surface area contributed by atoms with Gasteiger partial charge in [-0.1, -0.05) is 0 Å². The highest BCUT2D eigenvalue weighted by Crippen LogP contribution is 2.21. The van der Waals surface area contributed by atoms with Gasteiger partial charge in [0.1, 0.15) is 17.1 Å². The summed E-state index contributed by atoms with van der Waals surface area (Å²) in [5.74, 6) is 1.37. The Morgan fingerprint density at radius 2 is 2.17 bits per heavy atom. The number of nitrogens with zero attached hydrogens (tertiary/aromatic N) is 2. The van der Waals surface area contributed by atoms with E-state index in [1.54, 1.807) is 17.8 Å². The number of furan rings is 1. The van der Waals surface area contributed by atoms with E-state index in [0.29, 0.717) is 17.1 Å². The van der Waals surface area contributed by atoms with E-state index < -0.39 is 0 Å². The molecule has 5 nitrogen and oxygen atoms in total. The first-order valence-corrected chi connectivity index (χ1v) is 5.89. The molecule has 0 saturated carbocycles. The molecule has 0 aliphatic carbocycles. The lowest BCUT2D eigenvalue weighted by molar-refractivity contribution is 0.0933. The van der Waals surface area contributed by atoms with E-state index in [2.05, 4.69) is 10.4 Å². The number of amides is 1. The second-order valence-electron chi connectivity index (χ2n) is 4.58. The molecule has 0 aliphatic rings. The molecule has 0 aromatic carbocycles. The van der Waals surface area contributed by atoms with Gasteiger partial charge in [-0.2, -0.15) is 5.10 Å². The molecule has 0 spiro atoms. The molecule has 18 heavy (non-hydrogen) atoms. The molecule has 1 amide bonds. The van der Waals surface area contributed by atoms with Crippen molar-refractivity contribution >= 4 is 5.91 Å². The van der Waals surface area contributed by atoms with E-state index in [0.717, 1.165) is 5.76 Å². The molecule has 0 fully saturated rings. The molecule has 2 aromatic heterocycles. The van der Waals surface area contributed by atoms with Gasteiger partial charge in [-0.05, 0) is 32.9 Å². The Morgan fingerprint density at radius 3 is 2.72 bits per heavy atom. The predicted molar refractivity (Wildman–Crippen MR) is 68.2 cm³/mol. The third-order valence-corrected chi connectivity index (χ3v) is 2.53. The fourth-order valence-electron chi connectivity index (χ4n) is 1.71. The third-order valence-electron chi connectivity index (χ3n) is 2.53. The summed E-state index contributed by atoms with van der Waals surface area (Å²) in [6.07, 6.45) is 0. The van der Waals surface area contributed by atoms with Gasteiger partial charge in [-0.25, -0.2) is 0 Å². The van der Waals surface area contributed by atoms with Gasteiger partial charge in [0.2, 0.25) is 0 Å². The fourth-order valence-corrected chi connectivity index (χ4v) is 1.71. The van der Waals surface area contributed by atoms with Gasteiger partial charge in [0.05, 0.1) is 0 Å². The number of rotatable bonds is 3. The molecule has 5 heteroatoms. The highest BCUT2D eigenvalue weighted by molar-refractivity contribution is 5.93. The minimum Gasteiger partial charge on any atom is -0.460 e. The summed E-state index contributed by atoms with van der Waals surface area (Å²) < 4.78 is 7.05. The molecule has 0 aliphatic heterocycles. The molecule has 2 aromatic rings. The van der Waals surface area contributed by atoms with Crippen LogP contribution in [0.3, 0.4) is 0 Å². The first-order chi connectivity index (χ1) is 8.47. The molecule has 0 unspecified atom stereocenters. The molecule has 1 N–H and O–H groups in total. The van der Waals surface area contributed by atoms with Gasteiger partial charge in [-0.3, -0.25) is 9.48 Å². The Kier molecular flexibility index (Phi) is 3.23. The molecule has 0 saturated heterocycles. The average Bonchev–Trinajstić information content (AvgIpc) is 2.83. The van der Waals surface area contributed by atoms with Crippen molar-refractivity contribution in [1.82, 2.24) is 15.1 Å². The van der Waals surface area contributed by atoms with E-state index in [1.807, 2.05) is 32.9 Å². The van der Waals surface area contributed by atoms with Crippen LogP contribution in [-0.2, 0) is 7.05 Å². The number of carbonyl (C=O) groups excluding carboxylic acids is 1. The van der Waals surface area contributed by atoms with E-state index >= 15 is 0 Å². The Hall–Kier alpha value is -2.04. The molecular weight excluding hydrogens is 230 g/mol. The van der Waals surface area contributed by atoms with Crippen molar-refractivity contribution < 1.29 is 9.21 Å². The number of hydrogen-bond donors (Lipinski definition) is 1. The standard InChI is InChI=1S/C13H17N3O2/c1-8(2)14-13(17)11-7-10(15-16(11)4)12-6-5-9(3)18-12/h5-8H,1-4H3,(H,14,17). The van der Waals surface area contributed by atoms with Crippen molar-refractivity contribution in [1.29, 1.82) is 0 Å². The molecule has 0 radical (unpaired) electrons. The lowest BCUT2D eigenvalue weighted by atomic mass is 10.2. The summed E-state index contributed by atoms with van der Waals surface area (Å²) in [5.41, 5.74) is 1.19. The van der Waals surface area contributed by atoms with Crippen LogP contribution < -0.4 is 5.32 Å². The van der Waals surface area contributed by atoms with Gasteiger partial charge in [0, 0.05) is 19.2 Å². The maximum Gasteiger partial charge on any atom is 0.269 e. The zero-order chi connectivity index (χ0) is 13.3. The zero-order valence-electron chi connectivity index (χ0n) is 11.0. The van der Waals surface area contributed by atoms with E-state index in [4.69, 9.17) is 4.42 Å². The summed E-state index contributed by atoms with van der Waals surface area (Å²) in [6.45, 7) is 5.72. The lowest BCUT2D eigenvalue weighted by Crippen LogP contribution is -2.31. The number of aromatic nitrogens is 2. The van der Waals surface area contributed by atoms with Crippen molar-refractivity contribution in [3.8, 4) is 11.5 Å². The highest BCUT2D eigenvalue weighted by Gasteiger charge is 2.16. The number of hydrogen-bond acceptors (Lipinski definition) is 3. The number of carbonyl (C=O) groups is 1. The van der Waals surface area contributed by atoms with E-state index in [-0.39, 0.29) is 11.9 Å². The van der Waals surface area contributed by atoms with E-state index in [1.165, 1.54) is 0 Å². The molecular formula is C13H17N3O2. The van der Waals surface area contributed by atoms with Crippen LogP contribution in [0.25, 0.3) is 11.5 Å². The fraction of sp³-hybridized carbons (Fsp3) is 0.385. The van der Waals surface area contributed by atoms with Gasteiger partial charge in [0.15, 0.2) is 5.76 Å². The van der Waals surface area contributed by atoms with Crippen molar-refractivity contribution in [2.24, 2.45) is 7.05 Å². The Bertz CT molecular complexity index is 567. The minimum absolute atomic E-state index is 0.0988. The normalized spacial score (nSPS) is 10.9. The van der Waals surface area contributed by atoms with Crippen LogP contribution in [0, 0.1) is 6.92 Å². The summed E-state index contributed by atoms with van der Waals surface area (Å²) in [6, 6.07) is 5.55. The second kappa shape index (κ2) is 4.68. The Morgan fingerprint density at radius 1 is 1.44 bits per heavy atom. The first-order valence-electron chi connectivity index (χ1n) is 5.89.